The van der Waals surface area contributed by atoms with Crippen molar-refractivity contribution in [2.75, 3.05) is 13.1 Å². The van der Waals surface area contributed by atoms with Crippen molar-refractivity contribution in [1.82, 2.24) is 15.1 Å². The molecule has 1 N–H and O–H groups in total. The van der Waals surface area contributed by atoms with E-state index in [9.17, 15) is 4.79 Å². The highest BCUT2D eigenvalue weighted by Gasteiger charge is 2.20. The van der Waals surface area contributed by atoms with Gasteiger partial charge in [0, 0.05) is 19.9 Å². The molecule has 0 amide bonds. The minimum atomic E-state index is 0.308. The average Bonchev–Trinajstić information content (AvgIpc) is 2.83. The molecule has 1 atom stereocenters. The van der Waals surface area contributed by atoms with Gasteiger partial charge in [-0.2, -0.15) is 5.10 Å². The number of carbonyl (C=O) groups excluding carboxylic acids is 1. The van der Waals surface area contributed by atoms with Crippen LogP contribution in [0.4, 0.5) is 0 Å². The summed E-state index contributed by atoms with van der Waals surface area (Å²) in [6.45, 7) is 3.97. The predicted molar refractivity (Wildman–Crippen MR) is 69.9 cm³/mol. The molecule has 0 aromatic carbocycles. The van der Waals surface area contributed by atoms with E-state index >= 15 is 0 Å². The van der Waals surface area contributed by atoms with E-state index in [4.69, 9.17) is 0 Å². The standard InChI is InChI=1S/C12H18BrN3O/c1-8-12(13)11(16(2)15-8)6-10(17)5-9-3-4-14-7-9/h9,14H,3-7H2,1-2H3. The molecule has 1 aliphatic heterocycles. The van der Waals surface area contributed by atoms with Gasteiger partial charge in [-0.3, -0.25) is 9.48 Å². The molecular weight excluding hydrogens is 282 g/mol. The lowest BCUT2D eigenvalue weighted by atomic mass is 9.99. The molecule has 0 bridgehead atoms. The fourth-order valence-electron chi connectivity index (χ4n) is 2.34. The normalized spacial score (nSPS) is 19.8. The molecule has 0 spiro atoms. The zero-order chi connectivity index (χ0) is 12.4. The number of halogens is 1. The minimum absolute atomic E-state index is 0.308. The third-order valence-corrected chi connectivity index (χ3v) is 4.34. The van der Waals surface area contributed by atoms with Gasteiger partial charge in [-0.1, -0.05) is 0 Å². The highest BCUT2D eigenvalue weighted by Crippen LogP contribution is 2.22. The van der Waals surface area contributed by atoms with Gasteiger partial charge in [0.25, 0.3) is 0 Å². The number of Topliss-reactive ketones (excluding diaryl/α,β-unsaturated/α-hetero) is 1. The number of nitrogens with zero attached hydrogens (tertiary/aromatic N) is 2. The maximum absolute atomic E-state index is 12.0. The van der Waals surface area contributed by atoms with Crippen molar-refractivity contribution in [1.29, 1.82) is 0 Å². The van der Waals surface area contributed by atoms with Crippen molar-refractivity contribution in [2.24, 2.45) is 13.0 Å². The van der Waals surface area contributed by atoms with Crippen LogP contribution < -0.4 is 5.32 Å². The van der Waals surface area contributed by atoms with E-state index in [1.807, 2.05) is 14.0 Å². The van der Waals surface area contributed by atoms with Crippen molar-refractivity contribution in [3.63, 3.8) is 0 Å². The first-order valence-corrected chi connectivity index (χ1v) is 6.77. The summed E-state index contributed by atoms with van der Waals surface area (Å²) >= 11 is 3.49. The number of carbonyl (C=O) groups is 1. The van der Waals surface area contributed by atoms with Crippen molar-refractivity contribution < 1.29 is 4.79 Å². The molecule has 1 aromatic rings. The molecule has 1 fully saturated rings. The van der Waals surface area contributed by atoms with E-state index in [0.717, 1.165) is 35.4 Å². The Kier molecular flexibility index (Phi) is 3.99. The van der Waals surface area contributed by atoms with E-state index in [1.54, 1.807) is 4.68 Å². The molecule has 5 heteroatoms. The van der Waals surface area contributed by atoms with E-state index in [-0.39, 0.29) is 0 Å². The second-order valence-corrected chi connectivity index (χ2v) is 5.54. The van der Waals surface area contributed by atoms with Gasteiger partial charge in [0.2, 0.25) is 0 Å². The summed E-state index contributed by atoms with van der Waals surface area (Å²) in [5, 5.41) is 7.59. The first-order chi connectivity index (χ1) is 8.08. The van der Waals surface area contributed by atoms with Gasteiger partial charge in [-0.05, 0) is 48.3 Å². The Bertz CT molecular complexity index is 422. The van der Waals surface area contributed by atoms with E-state index in [0.29, 0.717) is 24.5 Å². The van der Waals surface area contributed by atoms with Crippen LogP contribution in [0.5, 0.6) is 0 Å². The van der Waals surface area contributed by atoms with Crippen LogP contribution in [0.3, 0.4) is 0 Å². The van der Waals surface area contributed by atoms with Crippen molar-refractivity contribution in [3.05, 3.63) is 15.9 Å². The lowest BCUT2D eigenvalue weighted by Gasteiger charge is -2.07. The Morgan fingerprint density at radius 2 is 2.41 bits per heavy atom. The maximum Gasteiger partial charge on any atom is 0.139 e. The van der Waals surface area contributed by atoms with Crippen LogP contribution in [0, 0.1) is 12.8 Å². The number of hydrogen-bond acceptors (Lipinski definition) is 3. The fourth-order valence-corrected chi connectivity index (χ4v) is 2.82. The van der Waals surface area contributed by atoms with Crippen LogP contribution in [-0.2, 0) is 18.3 Å². The molecule has 2 heterocycles. The summed E-state index contributed by atoms with van der Waals surface area (Å²) in [7, 11) is 1.89. The van der Waals surface area contributed by atoms with E-state index in [1.165, 1.54) is 0 Å². The van der Waals surface area contributed by atoms with Gasteiger partial charge in [0.1, 0.15) is 5.78 Å². The molecule has 17 heavy (non-hydrogen) atoms. The SMILES string of the molecule is Cc1nn(C)c(CC(=O)CC2CCNC2)c1Br. The Balaban J connectivity index is 1.97. The molecule has 1 saturated heterocycles. The van der Waals surface area contributed by atoms with Crippen LogP contribution in [0.2, 0.25) is 0 Å². The van der Waals surface area contributed by atoms with Crippen molar-refractivity contribution in [3.8, 4) is 0 Å². The third-order valence-electron chi connectivity index (χ3n) is 3.30. The first kappa shape index (κ1) is 12.8. The lowest BCUT2D eigenvalue weighted by Crippen LogP contribution is -2.15. The molecule has 1 aromatic heterocycles. The maximum atomic E-state index is 12.0. The topological polar surface area (TPSA) is 46.9 Å². The van der Waals surface area contributed by atoms with Gasteiger partial charge >= 0.3 is 0 Å². The lowest BCUT2D eigenvalue weighted by molar-refractivity contribution is -0.119. The second-order valence-electron chi connectivity index (χ2n) is 4.75. The number of hydrogen-bond donors (Lipinski definition) is 1. The number of ketones is 1. The molecular formula is C12H18BrN3O. The van der Waals surface area contributed by atoms with Gasteiger partial charge in [0.05, 0.1) is 15.9 Å². The van der Waals surface area contributed by atoms with Crippen LogP contribution in [0.15, 0.2) is 4.47 Å². The minimum Gasteiger partial charge on any atom is -0.316 e. The second kappa shape index (κ2) is 5.31. The highest BCUT2D eigenvalue weighted by atomic mass is 79.9. The van der Waals surface area contributed by atoms with Crippen molar-refractivity contribution >= 4 is 21.7 Å². The molecule has 0 aliphatic carbocycles. The molecule has 94 valence electrons. The summed E-state index contributed by atoms with van der Waals surface area (Å²) in [4.78, 5) is 12.0. The summed E-state index contributed by atoms with van der Waals surface area (Å²) in [6, 6.07) is 0. The molecule has 1 unspecified atom stereocenters. The summed E-state index contributed by atoms with van der Waals surface area (Å²) in [5.41, 5.74) is 1.93. The zero-order valence-corrected chi connectivity index (χ0v) is 11.9. The Hall–Kier alpha value is -0.680. The summed E-state index contributed by atoms with van der Waals surface area (Å²) in [5.74, 6) is 0.831. The smallest absolute Gasteiger partial charge is 0.139 e. The molecule has 1 aliphatic rings. The molecule has 0 saturated carbocycles. The Labute approximate surface area is 110 Å². The van der Waals surface area contributed by atoms with E-state index < -0.39 is 0 Å². The average molecular weight is 300 g/mol. The van der Waals surface area contributed by atoms with Crippen molar-refractivity contribution in [2.45, 2.75) is 26.2 Å². The van der Waals surface area contributed by atoms with Gasteiger partial charge in [-0.25, -0.2) is 0 Å². The molecule has 2 rings (SSSR count). The first-order valence-electron chi connectivity index (χ1n) is 5.98. The van der Waals surface area contributed by atoms with Crippen LogP contribution in [0.1, 0.15) is 24.2 Å². The Morgan fingerprint density at radius 3 is 2.94 bits per heavy atom. The zero-order valence-electron chi connectivity index (χ0n) is 10.3. The van der Waals surface area contributed by atoms with Gasteiger partial charge in [-0.15, -0.1) is 0 Å². The number of nitrogens with one attached hydrogen (secondary N) is 1. The predicted octanol–water partition coefficient (Wildman–Crippen LogP) is 1.60. The van der Waals surface area contributed by atoms with Gasteiger partial charge in [0.15, 0.2) is 0 Å². The fraction of sp³-hybridized carbons (Fsp3) is 0.667. The molecule has 0 radical (unpaired) electrons. The van der Waals surface area contributed by atoms with E-state index in [2.05, 4.69) is 26.3 Å². The highest BCUT2D eigenvalue weighted by molar-refractivity contribution is 9.10. The number of aromatic nitrogens is 2. The largest absolute Gasteiger partial charge is 0.316 e. The number of rotatable bonds is 4. The monoisotopic (exact) mass is 299 g/mol. The summed E-state index contributed by atoms with van der Waals surface area (Å²) in [6.07, 6.45) is 2.29. The third kappa shape index (κ3) is 2.96. The quantitative estimate of drug-likeness (QED) is 0.919. The van der Waals surface area contributed by atoms with Crippen LogP contribution in [-0.4, -0.2) is 28.7 Å². The van der Waals surface area contributed by atoms with Crippen LogP contribution in [0.25, 0.3) is 0 Å². The number of aryl methyl sites for hydroxylation is 2. The van der Waals surface area contributed by atoms with Crippen LogP contribution >= 0.6 is 15.9 Å². The van der Waals surface area contributed by atoms with Gasteiger partial charge < -0.3 is 5.32 Å². The Morgan fingerprint density at radius 1 is 1.65 bits per heavy atom. The summed E-state index contributed by atoms with van der Waals surface area (Å²) < 4.78 is 2.77. The molecule has 4 nitrogen and oxygen atoms in total.